The van der Waals surface area contributed by atoms with Gasteiger partial charge in [-0.15, -0.1) is 0 Å². The summed E-state index contributed by atoms with van der Waals surface area (Å²) < 4.78 is 9.87. The minimum Gasteiger partial charge on any atom is -0.463 e. The topological polar surface area (TPSA) is 52.6 Å². The van der Waals surface area contributed by atoms with E-state index in [1.54, 1.807) is 12.1 Å². The second-order valence-corrected chi connectivity index (χ2v) is 5.46. The van der Waals surface area contributed by atoms with Crippen LogP contribution in [0.1, 0.15) is 51.9 Å². The molecule has 0 aliphatic heterocycles. The van der Waals surface area contributed by atoms with Gasteiger partial charge in [0.05, 0.1) is 23.7 Å². The maximum Gasteiger partial charge on any atom is 0.338 e. The molecule has 0 spiro atoms. The Morgan fingerprint density at radius 3 is 1.62 bits per heavy atom. The first-order valence-corrected chi connectivity index (χ1v) is 7.20. The van der Waals surface area contributed by atoms with Crippen molar-refractivity contribution in [1.29, 1.82) is 0 Å². The molecule has 0 radical (unpaired) electrons. The lowest BCUT2D eigenvalue weighted by Gasteiger charge is -2.08. The molecule has 4 heteroatoms. The second-order valence-electron chi connectivity index (χ2n) is 5.46. The normalized spacial score (nSPS) is 10.1. The maximum absolute atomic E-state index is 11.2. The first-order valence-electron chi connectivity index (χ1n) is 7.20. The fourth-order valence-electron chi connectivity index (χ4n) is 1.22. The summed E-state index contributed by atoms with van der Waals surface area (Å²) in [6, 6.07) is 8.98. The molecular formula is C17H26O4. The van der Waals surface area contributed by atoms with Crippen molar-refractivity contribution in [1.82, 2.24) is 0 Å². The molecule has 0 fully saturated rings. The Hall–Kier alpha value is -1.84. The molecular weight excluding hydrogens is 268 g/mol. The first kappa shape index (κ1) is 19.2. The highest BCUT2D eigenvalue weighted by atomic mass is 16.5. The highest BCUT2D eigenvalue weighted by molar-refractivity contribution is 5.89. The Morgan fingerprint density at radius 2 is 1.29 bits per heavy atom. The van der Waals surface area contributed by atoms with Crippen LogP contribution in [0.5, 0.6) is 0 Å². The van der Waals surface area contributed by atoms with E-state index < -0.39 is 0 Å². The van der Waals surface area contributed by atoms with Gasteiger partial charge in [0.25, 0.3) is 0 Å². The molecule has 0 N–H and O–H groups in total. The van der Waals surface area contributed by atoms with Crippen molar-refractivity contribution in [2.45, 2.75) is 53.8 Å². The van der Waals surface area contributed by atoms with E-state index in [2.05, 4.69) is 0 Å². The van der Waals surface area contributed by atoms with Crippen LogP contribution in [0.3, 0.4) is 0 Å². The molecule has 1 aromatic carbocycles. The van der Waals surface area contributed by atoms with Gasteiger partial charge in [0.15, 0.2) is 0 Å². The van der Waals surface area contributed by atoms with Gasteiger partial charge in [-0.1, -0.05) is 32.0 Å². The highest BCUT2D eigenvalue weighted by Gasteiger charge is 2.09. The molecule has 0 aliphatic rings. The molecule has 0 heterocycles. The summed E-state index contributed by atoms with van der Waals surface area (Å²) in [6.07, 6.45) is -0.0439. The second kappa shape index (κ2) is 9.97. The van der Waals surface area contributed by atoms with Crippen LogP contribution in [-0.2, 0) is 14.3 Å². The van der Waals surface area contributed by atoms with Crippen LogP contribution in [-0.4, -0.2) is 24.1 Å². The highest BCUT2D eigenvalue weighted by Crippen LogP contribution is 2.02. The van der Waals surface area contributed by atoms with Gasteiger partial charge in [0.2, 0.25) is 0 Å². The number of hydrogen-bond acceptors (Lipinski definition) is 4. The molecule has 0 amide bonds. The number of benzene rings is 1. The van der Waals surface area contributed by atoms with Crippen molar-refractivity contribution in [3.8, 4) is 0 Å². The zero-order valence-corrected chi connectivity index (χ0v) is 13.8. The molecule has 0 bridgehead atoms. The molecule has 0 saturated carbocycles. The minimum absolute atomic E-state index is 0.00704. The van der Waals surface area contributed by atoms with E-state index >= 15 is 0 Å². The Morgan fingerprint density at radius 1 is 0.810 bits per heavy atom. The van der Waals surface area contributed by atoms with Crippen LogP contribution in [0.15, 0.2) is 30.3 Å². The van der Waals surface area contributed by atoms with Crippen molar-refractivity contribution < 1.29 is 19.1 Å². The Kier molecular flexibility index (Phi) is 9.10. The molecule has 118 valence electrons. The Balaban J connectivity index is 0.000000400. The SMILES string of the molecule is CC(C)OC(=O)C(C)C.CC(C)OC(=O)c1ccccc1. The molecule has 0 atom stereocenters. The first-order chi connectivity index (χ1) is 9.73. The maximum atomic E-state index is 11.2. The van der Waals surface area contributed by atoms with E-state index in [1.165, 1.54) is 0 Å². The molecule has 0 aliphatic carbocycles. The van der Waals surface area contributed by atoms with Gasteiger partial charge in [0, 0.05) is 0 Å². The Labute approximate surface area is 127 Å². The third-order valence-corrected chi connectivity index (χ3v) is 2.18. The zero-order valence-electron chi connectivity index (χ0n) is 13.8. The van der Waals surface area contributed by atoms with Gasteiger partial charge in [-0.3, -0.25) is 4.79 Å². The predicted octanol–water partition coefficient (Wildman–Crippen LogP) is 3.85. The van der Waals surface area contributed by atoms with Crippen LogP contribution in [0, 0.1) is 5.92 Å². The summed E-state index contributed by atoms with van der Waals surface area (Å²) in [5, 5.41) is 0. The predicted molar refractivity (Wildman–Crippen MR) is 83.1 cm³/mol. The fourth-order valence-corrected chi connectivity index (χ4v) is 1.22. The smallest absolute Gasteiger partial charge is 0.338 e. The van der Waals surface area contributed by atoms with Gasteiger partial charge in [-0.25, -0.2) is 4.79 Å². The number of carbonyl (C=O) groups excluding carboxylic acids is 2. The third kappa shape index (κ3) is 9.66. The van der Waals surface area contributed by atoms with Gasteiger partial charge >= 0.3 is 11.9 Å². The summed E-state index contributed by atoms with van der Waals surface area (Å²) in [6.45, 7) is 11.0. The van der Waals surface area contributed by atoms with Gasteiger partial charge in [0.1, 0.15) is 0 Å². The van der Waals surface area contributed by atoms with E-state index in [1.807, 2.05) is 59.7 Å². The van der Waals surface area contributed by atoms with Crippen LogP contribution < -0.4 is 0 Å². The van der Waals surface area contributed by atoms with Crippen molar-refractivity contribution >= 4 is 11.9 Å². The van der Waals surface area contributed by atoms with Crippen LogP contribution in [0.2, 0.25) is 0 Å². The number of hydrogen-bond donors (Lipinski definition) is 0. The van der Waals surface area contributed by atoms with Gasteiger partial charge < -0.3 is 9.47 Å². The monoisotopic (exact) mass is 294 g/mol. The minimum atomic E-state index is -0.259. The van der Waals surface area contributed by atoms with Crippen molar-refractivity contribution in [2.75, 3.05) is 0 Å². The number of esters is 2. The summed E-state index contributed by atoms with van der Waals surface area (Å²) in [5.74, 6) is -0.386. The summed E-state index contributed by atoms with van der Waals surface area (Å²) >= 11 is 0. The summed E-state index contributed by atoms with van der Waals surface area (Å²) in [7, 11) is 0. The number of carbonyl (C=O) groups is 2. The Bertz CT molecular complexity index is 422. The van der Waals surface area contributed by atoms with E-state index in [0.717, 1.165) is 0 Å². The zero-order chi connectivity index (χ0) is 16.4. The van der Waals surface area contributed by atoms with Crippen molar-refractivity contribution in [3.05, 3.63) is 35.9 Å². The van der Waals surface area contributed by atoms with Crippen molar-refractivity contribution in [3.63, 3.8) is 0 Å². The van der Waals surface area contributed by atoms with E-state index in [9.17, 15) is 9.59 Å². The lowest BCUT2D eigenvalue weighted by Crippen LogP contribution is -2.16. The number of ether oxygens (including phenoxy) is 2. The average Bonchev–Trinajstić information content (AvgIpc) is 2.38. The van der Waals surface area contributed by atoms with Crippen LogP contribution in [0.25, 0.3) is 0 Å². The lowest BCUT2D eigenvalue weighted by molar-refractivity contribution is -0.151. The lowest BCUT2D eigenvalue weighted by atomic mass is 10.2. The van der Waals surface area contributed by atoms with Crippen molar-refractivity contribution in [2.24, 2.45) is 5.92 Å². The molecule has 21 heavy (non-hydrogen) atoms. The molecule has 4 nitrogen and oxygen atoms in total. The molecule has 0 saturated heterocycles. The standard InChI is InChI=1S/C10H12O2.C7H14O2/c1-8(2)12-10(11)9-6-4-3-5-7-9;1-5(2)7(8)9-6(3)4/h3-8H,1-2H3;5-6H,1-4H3. The van der Waals surface area contributed by atoms with Crippen LogP contribution >= 0.6 is 0 Å². The molecule has 0 aromatic heterocycles. The number of rotatable bonds is 4. The summed E-state index contributed by atoms with van der Waals surface area (Å²) in [5.41, 5.74) is 0.603. The third-order valence-electron chi connectivity index (χ3n) is 2.18. The quantitative estimate of drug-likeness (QED) is 0.792. The van der Waals surface area contributed by atoms with Gasteiger partial charge in [-0.2, -0.15) is 0 Å². The molecule has 1 rings (SSSR count). The molecule has 1 aromatic rings. The van der Waals surface area contributed by atoms with E-state index in [-0.39, 0.29) is 30.1 Å². The summed E-state index contributed by atoms with van der Waals surface area (Å²) in [4.78, 5) is 22.0. The average molecular weight is 294 g/mol. The van der Waals surface area contributed by atoms with E-state index in [0.29, 0.717) is 5.56 Å². The van der Waals surface area contributed by atoms with Gasteiger partial charge in [-0.05, 0) is 39.8 Å². The largest absolute Gasteiger partial charge is 0.463 e. The van der Waals surface area contributed by atoms with E-state index in [4.69, 9.17) is 9.47 Å². The van der Waals surface area contributed by atoms with Crippen LogP contribution in [0.4, 0.5) is 0 Å². The molecule has 0 unspecified atom stereocenters. The fraction of sp³-hybridized carbons (Fsp3) is 0.529.